The summed E-state index contributed by atoms with van der Waals surface area (Å²) in [4.78, 5) is 11.2. The van der Waals surface area contributed by atoms with Crippen LogP contribution in [0.4, 0.5) is 11.6 Å². The molecule has 1 aromatic heterocycles. The molecule has 0 spiro atoms. The number of hydrogen-bond donors (Lipinski definition) is 0. The van der Waals surface area contributed by atoms with Gasteiger partial charge >= 0.3 is 0 Å². The van der Waals surface area contributed by atoms with Gasteiger partial charge in [0.05, 0.1) is 0 Å². The lowest BCUT2D eigenvalue weighted by Crippen LogP contribution is -2.14. The Hall–Kier alpha value is -1.83. The fourth-order valence-electron chi connectivity index (χ4n) is 0.816. The van der Waals surface area contributed by atoms with Gasteiger partial charge in [0.2, 0.25) is 0 Å². The summed E-state index contributed by atoms with van der Waals surface area (Å²) in [5.74, 6) is 1.38. The zero-order valence-corrected chi connectivity index (χ0v) is 7.89. The van der Waals surface area contributed by atoms with Gasteiger partial charge in [-0.05, 0) is 0 Å². The van der Waals surface area contributed by atoms with Gasteiger partial charge in [-0.2, -0.15) is 5.26 Å². The number of aromatic nitrogens is 2. The second-order valence-corrected chi connectivity index (χ2v) is 2.79. The van der Waals surface area contributed by atoms with Crippen molar-refractivity contribution in [1.82, 2.24) is 9.97 Å². The zero-order valence-electron chi connectivity index (χ0n) is 7.89. The maximum Gasteiger partial charge on any atom is 0.185 e. The summed E-state index contributed by atoms with van der Waals surface area (Å²) in [6.07, 6.45) is 3.41. The summed E-state index contributed by atoms with van der Waals surface area (Å²) >= 11 is 0. The van der Waals surface area contributed by atoms with Crippen LogP contribution in [0, 0.1) is 11.5 Å². The van der Waals surface area contributed by atoms with Gasteiger partial charge in [-0.3, -0.25) is 4.90 Å². The van der Waals surface area contributed by atoms with Gasteiger partial charge in [0, 0.05) is 27.2 Å². The van der Waals surface area contributed by atoms with Crippen molar-refractivity contribution in [2.45, 2.75) is 0 Å². The van der Waals surface area contributed by atoms with E-state index in [2.05, 4.69) is 9.97 Å². The molecule has 1 rings (SSSR count). The molecule has 0 aliphatic carbocycles. The first kappa shape index (κ1) is 9.26. The molecule has 0 atom stereocenters. The molecule has 13 heavy (non-hydrogen) atoms. The van der Waals surface area contributed by atoms with E-state index in [0.717, 1.165) is 5.82 Å². The summed E-state index contributed by atoms with van der Waals surface area (Å²) in [7, 11) is 5.43. The number of nitriles is 1. The van der Waals surface area contributed by atoms with Crippen LogP contribution in [0.1, 0.15) is 0 Å². The maximum atomic E-state index is 8.62. The summed E-state index contributed by atoms with van der Waals surface area (Å²) in [6.45, 7) is 0. The van der Waals surface area contributed by atoms with E-state index in [1.54, 1.807) is 13.1 Å². The molecule has 0 amide bonds. The van der Waals surface area contributed by atoms with E-state index in [1.165, 1.54) is 11.2 Å². The van der Waals surface area contributed by atoms with Gasteiger partial charge in [0.15, 0.2) is 6.19 Å². The molecule has 0 aliphatic rings. The SMILES string of the molecule is CN(C)c1cc(N(C)C#N)ncn1. The average molecular weight is 177 g/mol. The minimum atomic E-state index is 0.598. The minimum Gasteiger partial charge on any atom is -0.363 e. The maximum absolute atomic E-state index is 8.62. The van der Waals surface area contributed by atoms with Crippen molar-refractivity contribution < 1.29 is 0 Å². The van der Waals surface area contributed by atoms with E-state index >= 15 is 0 Å². The van der Waals surface area contributed by atoms with Crippen LogP contribution in [-0.4, -0.2) is 31.1 Å². The fourth-order valence-corrected chi connectivity index (χ4v) is 0.816. The Balaban J connectivity index is 3.00. The van der Waals surface area contributed by atoms with Crippen LogP contribution in [0.3, 0.4) is 0 Å². The quantitative estimate of drug-likeness (QED) is 0.485. The standard InChI is InChI=1S/C8H11N5/c1-12(2)7-4-8(11-6-10-7)13(3)5-9/h4,6H,1-3H3. The first-order valence-electron chi connectivity index (χ1n) is 3.78. The van der Waals surface area contributed by atoms with Gasteiger partial charge in [0.1, 0.15) is 18.0 Å². The van der Waals surface area contributed by atoms with Crippen LogP contribution >= 0.6 is 0 Å². The van der Waals surface area contributed by atoms with Crippen LogP contribution in [0.5, 0.6) is 0 Å². The molecule has 0 bridgehead atoms. The van der Waals surface area contributed by atoms with Gasteiger partial charge in [-0.25, -0.2) is 9.97 Å². The lowest BCUT2D eigenvalue weighted by molar-refractivity contribution is 1.02. The van der Waals surface area contributed by atoms with Crippen LogP contribution in [-0.2, 0) is 0 Å². The smallest absolute Gasteiger partial charge is 0.185 e. The van der Waals surface area contributed by atoms with Crippen LogP contribution in [0.15, 0.2) is 12.4 Å². The predicted octanol–water partition coefficient (Wildman–Crippen LogP) is 0.460. The van der Waals surface area contributed by atoms with Crippen molar-refractivity contribution in [2.75, 3.05) is 30.9 Å². The molecular formula is C8H11N5. The Bertz CT molecular complexity index is 328. The van der Waals surface area contributed by atoms with Crippen LogP contribution in [0.2, 0.25) is 0 Å². The zero-order chi connectivity index (χ0) is 9.84. The normalized spacial score (nSPS) is 9.08. The second kappa shape index (κ2) is 3.72. The van der Waals surface area contributed by atoms with E-state index in [1.807, 2.05) is 25.2 Å². The Kier molecular flexibility index (Phi) is 2.65. The van der Waals surface area contributed by atoms with E-state index < -0.39 is 0 Å². The third-order valence-electron chi connectivity index (χ3n) is 1.59. The van der Waals surface area contributed by atoms with Crippen molar-refractivity contribution in [1.29, 1.82) is 5.26 Å². The monoisotopic (exact) mass is 177 g/mol. The molecular weight excluding hydrogens is 166 g/mol. The molecule has 5 heteroatoms. The van der Waals surface area contributed by atoms with Crippen molar-refractivity contribution in [3.8, 4) is 6.19 Å². The molecule has 0 aliphatic heterocycles. The Morgan fingerprint density at radius 2 is 1.85 bits per heavy atom. The molecule has 0 unspecified atom stereocenters. The summed E-state index contributed by atoms with van der Waals surface area (Å²) < 4.78 is 0. The highest BCUT2D eigenvalue weighted by Crippen LogP contribution is 2.13. The van der Waals surface area contributed by atoms with Gasteiger partial charge in [-0.15, -0.1) is 0 Å². The van der Waals surface area contributed by atoms with Crippen molar-refractivity contribution >= 4 is 11.6 Å². The number of nitrogens with zero attached hydrogens (tertiary/aromatic N) is 5. The third-order valence-corrected chi connectivity index (χ3v) is 1.59. The molecule has 0 saturated heterocycles. The lowest BCUT2D eigenvalue weighted by atomic mass is 10.5. The highest BCUT2D eigenvalue weighted by atomic mass is 15.2. The van der Waals surface area contributed by atoms with E-state index in [9.17, 15) is 0 Å². The number of rotatable bonds is 2. The average Bonchev–Trinajstić information content (AvgIpc) is 2.17. The van der Waals surface area contributed by atoms with Gasteiger partial charge in [0.25, 0.3) is 0 Å². The van der Waals surface area contributed by atoms with Crippen molar-refractivity contribution in [2.24, 2.45) is 0 Å². The highest BCUT2D eigenvalue weighted by molar-refractivity contribution is 5.50. The van der Waals surface area contributed by atoms with E-state index in [-0.39, 0.29) is 0 Å². The Labute approximate surface area is 77.2 Å². The topological polar surface area (TPSA) is 56.0 Å². The number of anilines is 2. The van der Waals surface area contributed by atoms with E-state index in [0.29, 0.717) is 5.82 Å². The molecule has 1 heterocycles. The van der Waals surface area contributed by atoms with Gasteiger partial charge in [-0.1, -0.05) is 0 Å². The third kappa shape index (κ3) is 2.06. The first-order chi connectivity index (χ1) is 6.15. The molecule has 0 aromatic carbocycles. The molecule has 1 aromatic rings. The highest BCUT2D eigenvalue weighted by Gasteiger charge is 2.03. The molecule has 0 saturated carbocycles. The summed E-state index contributed by atoms with van der Waals surface area (Å²) in [6, 6.07) is 1.75. The number of hydrogen-bond acceptors (Lipinski definition) is 5. The minimum absolute atomic E-state index is 0.598. The summed E-state index contributed by atoms with van der Waals surface area (Å²) in [5, 5.41) is 8.62. The van der Waals surface area contributed by atoms with Crippen molar-refractivity contribution in [3.63, 3.8) is 0 Å². The Morgan fingerprint density at radius 1 is 1.23 bits per heavy atom. The largest absolute Gasteiger partial charge is 0.363 e. The Morgan fingerprint density at radius 3 is 2.38 bits per heavy atom. The fraction of sp³-hybridized carbons (Fsp3) is 0.375. The second-order valence-electron chi connectivity index (χ2n) is 2.79. The summed E-state index contributed by atoms with van der Waals surface area (Å²) in [5.41, 5.74) is 0. The molecule has 5 nitrogen and oxygen atoms in total. The predicted molar refractivity (Wildman–Crippen MR) is 50.4 cm³/mol. The van der Waals surface area contributed by atoms with Crippen LogP contribution < -0.4 is 9.80 Å². The molecule has 0 radical (unpaired) electrons. The van der Waals surface area contributed by atoms with Gasteiger partial charge < -0.3 is 4.90 Å². The lowest BCUT2D eigenvalue weighted by Gasteiger charge is -2.13. The molecule has 68 valence electrons. The van der Waals surface area contributed by atoms with Crippen LogP contribution in [0.25, 0.3) is 0 Å². The first-order valence-corrected chi connectivity index (χ1v) is 3.78. The van der Waals surface area contributed by atoms with Crippen molar-refractivity contribution in [3.05, 3.63) is 12.4 Å². The molecule has 0 fully saturated rings. The molecule has 0 N–H and O–H groups in total. The van der Waals surface area contributed by atoms with E-state index in [4.69, 9.17) is 5.26 Å².